The highest BCUT2D eigenvalue weighted by atomic mass is 16.5. The van der Waals surface area contributed by atoms with Crippen molar-refractivity contribution in [1.29, 1.82) is 0 Å². The number of para-hydroxylation sites is 2. The number of hydrogen-bond acceptors (Lipinski definition) is 3. The molecule has 1 aromatic carbocycles. The lowest BCUT2D eigenvalue weighted by molar-refractivity contribution is 0.240. The summed E-state index contributed by atoms with van der Waals surface area (Å²) < 4.78 is 5.39. The first kappa shape index (κ1) is 12.2. The van der Waals surface area contributed by atoms with Crippen LogP contribution >= 0.6 is 0 Å². The summed E-state index contributed by atoms with van der Waals surface area (Å²) in [7, 11) is 1.72. The Morgan fingerprint density at radius 3 is 2.65 bits per heavy atom. The highest BCUT2D eigenvalue weighted by Crippen LogP contribution is 2.31. The lowest BCUT2D eigenvalue weighted by Crippen LogP contribution is -2.34. The van der Waals surface area contributed by atoms with Crippen molar-refractivity contribution in [3.63, 3.8) is 0 Å². The zero-order valence-corrected chi connectivity index (χ0v) is 10.4. The Bertz CT molecular complexity index is 346. The molecule has 0 atom stereocenters. The van der Waals surface area contributed by atoms with Gasteiger partial charge in [0.15, 0.2) is 0 Å². The Morgan fingerprint density at radius 2 is 2.00 bits per heavy atom. The van der Waals surface area contributed by atoms with Crippen molar-refractivity contribution >= 4 is 5.69 Å². The number of nitrogens with zero attached hydrogens (tertiary/aromatic N) is 1. The van der Waals surface area contributed by atoms with Crippen molar-refractivity contribution in [2.24, 2.45) is 5.92 Å². The van der Waals surface area contributed by atoms with Gasteiger partial charge in [-0.1, -0.05) is 12.1 Å². The summed E-state index contributed by atoms with van der Waals surface area (Å²) in [5.74, 6) is 1.64. The van der Waals surface area contributed by atoms with Gasteiger partial charge in [0.2, 0.25) is 0 Å². The second-order valence-electron chi connectivity index (χ2n) is 4.61. The van der Waals surface area contributed by atoms with Crippen LogP contribution in [-0.4, -0.2) is 31.9 Å². The van der Waals surface area contributed by atoms with E-state index in [1.165, 1.54) is 18.5 Å². The Hall–Kier alpha value is -1.22. The molecule has 1 aliphatic heterocycles. The van der Waals surface area contributed by atoms with Gasteiger partial charge in [0.25, 0.3) is 0 Å². The molecule has 1 N–H and O–H groups in total. The zero-order valence-electron chi connectivity index (χ0n) is 10.4. The Kier molecular flexibility index (Phi) is 4.26. The molecule has 1 aliphatic rings. The van der Waals surface area contributed by atoms with E-state index in [4.69, 9.17) is 9.84 Å². The fourth-order valence-electron chi connectivity index (χ4n) is 2.54. The smallest absolute Gasteiger partial charge is 0.142 e. The van der Waals surface area contributed by atoms with Gasteiger partial charge in [-0.2, -0.15) is 0 Å². The van der Waals surface area contributed by atoms with E-state index >= 15 is 0 Å². The van der Waals surface area contributed by atoms with Gasteiger partial charge < -0.3 is 14.7 Å². The highest BCUT2D eigenvalue weighted by molar-refractivity contribution is 5.58. The first-order valence-electron chi connectivity index (χ1n) is 6.34. The second kappa shape index (κ2) is 5.92. The molecule has 1 saturated heterocycles. The van der Waals surface area contributed by atoms with Gasteiger partial charge in [0.05, 0.1) is 12.8 Å². The number of aliphatic hydroxyl groups excluding tert-OH is 1. The van der Waals surface area contributed by atoms with Crippen LogP contribution in [0.5, 0.6) is 5.75 Å². The predicted molar refractivity (Wildman–Crippen MR) is 69.6 cm³/mol. The third-order valence-electron chi connectivity index (χ3n) is 3.58. The molecule has 0 spiro atoms. The number of hydrogen-bond donors (Lipinski definition) is 1. The van der Waals surface area contributed by atoms with Crippen LogP contribution in [0.25, 0.3) is 0 Å². The van der Waals surface area contributed by atoms with Crippen molar-refractivity contribution in [1.82, 2.24) is 0 Å². The van der Waals surface area contributed by atoms with Crippen LogP contribution < -0.4 is 9.64 Å². The lowest BCUT2D eigenvalue weighted by atomic mass is 9.93. The molecule has 3 heteroatoms. The largest absolute Gasteiger partial charge is 0.495 e. The van der Waals surface area contributed by atoms with E-state index in [0.717, 1.165) is 25.3 Å². The zero-order chi connectivity index (χ0) is 12.1. The summed E-state index contributed by atoms with van der Waals surface area (Å²) in [6, 6.07) is 8.18. The third kappa shape index (κ3) is 2.91. The summed E-state index contributed by atoms with van der Waals surface area (Å²) in [5, 5.41) is 8.95. The van der Waals surface area contributed by atoms with Crippen molar-refractivity contribution in [3.05, 3.63) is 24.3 Å². The molecular formula is C14H21NO2. The Morgan fingerprint density at radius 1 is 1.29 bits per heavy atom. The molecule has 0 radical (unpaired) electrons. The number of aliphatic hydroxyl groups is 1. The third-order valence-corrected chi connectivity index (χ3v) is 3.58. The predicted octanol–water partition coefficient (Wildman–Crippen LogP) is 2.29. The van der Waals surface area contributed by atoms with Crippen LogP contribution in [0, 0.1) is 5.92 Å². The van der Waals surface area contributed by atoms with Crippen LogP contribution in [0.2, 0.25) is 0 Å². The molecule has 0 amide bonds. The van der Waals surface area contributed by atoms with Gasteiger partial charge in [-0.25, -0.2) is 0 Å². The summed E-state index contributed by atoms with van der Waals surface area (Å²) in [6.45, 7) is 2.44. The van der Waals surface area contributed by atoms with E-state index in [-0.39, 0.29) is 0 Å². The molecule has 0 unspecified atom stereocenters. The molecule has 94 valence electrons. The van der Waals surface area contributed by atoms with E-state index in [1.54, 1.807) is 7.11 Å². The minimum absolute atomic E-state index is 0.319. The molecule has 0 bridgehead atoms. The van der Waals surface area contributed by atoms with Crippen LogP contribution in [-0.2, 0) is 0 Å². The fraction of sp³-hybridized carbons (Fsp3) is 0.571. The summed E-state index contributed by atoms with van der Waals surface area (Å²) in [4.78, 5) is 2.38. The second-order valence-corrected chi connectivity index (χ2v) is 4.61. The monoisotopic (exact) mass is 235 g/mol. The number of benzene rings is 1. The van der Waals surface area contributed by atoms with Gasteiger partial charge in [-0.15, -0.1) is 0 Å². The fourth-order valence-corrected chi connectivity index (χ4v) is 2.54. The minimum Gasteiger partial charge on any atom is -0.495 e. The van der Waals surface area contributed by atoms with Crippen LogP contribution in [0.4, 0.5) is 5.69 Å². The first-order valence-corrected chi connectivity index (χ1v) is 6.34. The van der Waals surface area contributed by atoms with Crippen molar-refractivity contribution in [2.75, 3.05) is 31.7 Å². The van der Waals surface area contributed by atoms with Gasteiger partial charge in [0.1, 0.15) is 5.75 Å². The van der Waals surface area contributed by atoms with Crippen LogP contribution in [0.3, 0.4) is 0 Å². The first-order chi connectivity index (χ1) is 8.35. The number of anilines is 1. The molecular weight excluding hydrogens is 214 g/mol. The summed E-state index contributed by atoms with van der Waals surface area (Å²) in [6.07, 6.45) is 3.27. The maximum atomic E-state index is 8.95. The minimum atomic E-state index is 0.319. The molecule has 17 heavy (non-hydrogen) atoms. The highest BCUT2D eigenvalue weighted by Gasteiger charge is 2.20. The van der Waals surface area contributed by atoms with Gasteiger partial charge in [0, 0.05) is 19.7 Å². The number of piperidine rings is 1. The van der Waals surface area contributed by atoms with Crippen molar-refractivity contribution < 1.29 is 9.84 Å². The maximum Gasteiger partial charge on any atom is 0.142 e. The number of methoxy groups -OCH3 is 1. The van der Waals surface area contributed by atoms with Crippen molar-refractivity contribution in [2.45, 2.75) is 19.3 Å². The molecule has 0 aliphatic carbocycles. The van der Waals surface area contributed by atoms with E-state index in [2.05, 4.69) is 17.0 Å². The standard InChI is InChI=1S/C14H21NO2/c1-17-14-5-3-2-4-13(14)15-9-6-12(7-10-15)8-11-16/h2-5,12,16H,6-11H2,1H3. The van der Waals surface area contributed by atoms with E-state index in [1.807, 2.05) is 12.1 Å². The van der Waals surface area contributed by atoms with E-state index < -0.39 is 0 Å². The average molecular weight is 235 g/mol. The molecule has 2 rings (SSSR count). The quantitative estimate of drug-likeness (QED) is 0.869. The van der Waals surface area contributed by atoms with Crippen LogP contribution in [0.15, 0.2) is 24.3 Å². The molecule has 0 aromatic heterocycles. The van der Waals surface area contributed by atoms with Crippen molar-refractivity contribution in [3.8, 4) is 5.75 Å². The normalized spacial score (nSPS) is 17.2. The average Bonchev–Trinajstić information content (AvgIpc) is 2.40. The van der Waals surface area contributed by atoms with Gasteiger partial charge in [-0.05, 0) is 37.3 Å². The van der Waals surface area contributed by atoms with Crippen LogP contribution in [0.1, 0.15) is 19.3 Å². The molecule has 0 saturated carbocycles. The number of ether oxygens (including phenoxy) is 1. The topological polar surface area (TPSA) is 32.7 Å². The summed E-state index contributed by atoms with van der Waals surface area (Å²) in [5.41, 5.74) is 1.19. The number of rotatable bonds is 4. The Balaban J connectivity index is 2.00. The molecule has 1 heterocycles. The molecule has 1 fully saturated rings. The molecule has 3 nitrogen and oxygen atoms in total. The summed E-state index contributed by atoms with van der Waals surface area (Å²) >= 11 is 0. The van der Waals surface area contributed by atoms with Gasteiger partial charge in [-0.3, -0.25) is 0 Å². The van der Waals surface area contributed by atoms with E-state index in [0.29, 0.717) is 12.5 Å². The SMILES string of the molecule is COc1ccccc1N1CCC(CCO)CC1. The van der Waals surface area contributed by atoms with E-state index in [9.17, 15) is 0 Å². The van der Waals surface area contributed by atoms with Gasteiger partial charge >= 0.3 is 0 Å². The maximum absolute atomic E-state index is 8.95. The molecule has 1 aromatic rings. The lowest BCUT2D eigenvalue weighted by Gasteiger charge is -2.34. The Labute approximate surface area is 103 Å².